The number of amides is 2. The van der Waals surface area contributed by atoms with Crippen molar-refractivity contribution in [1.82, 2.24) is 10.2 Å². The molecule has 1 fully saturated rings. The van der Waals surface area contributed by atoms with E-state index in [9.17, 15) is 4.79 Å². The number of carbonyl (C=O) groups excluding carboxylic acids is 1. The standard InChI is InChI=1S/C12H23N3O/c1-6-9(4)12(5)10(13)14-11(16)15(12)7-8(2)3/h8-9H,6-7H2,1-5H3,(H2,13,14,16). The first kappa shape index (κ1) is 13.0. The molecule has 0 aliphatic carbocycles. The van der Waals surface area contributed by atoms with E-state index in [1.807, 2.05) is 11.8 Å². The van der Waals surface area contributed by atoms with Gasteiger partial charge in [-0.25, -0.2) is 4.79 Å². The van der Waals surface area contributed by atoms with Crippen molar-refractivity contribution in [2.45, 2.75) is 46.6 Å². The number of nitrogens with zero attached hydrogens (tertiary/aromatic N) is 1. The summed E-state index contributed by atoms with van der Waals surface area (Å²) < 4.78 is 0. The quantitative estimate of drug-likeness (QED) is 0.758. The third-order valence-electron chi connectivity index (χ3n) is 3.66. The first-order chi connectivity index (χ1) is 7.33. The third-order valence-corrected chi connectivity index (χ3v) is 3.66. The molecule has 1 aliphatic rings. The van der Waals surface area contributed by atoms with Crippen LogP contribution in [0.4, 0.5) is 4.79 Å². The van der Waals surface area contributed by atoms with Crippen LogP contribution in [0.15, 0.2) is 0 Å². The topological polar surface area (TPSA) is 56.2 Å². The maximum absolute atomic E-state index is 11.8. The van der Waals surface area contributed by atoms with E-state index < -0.39 is 5.54 Å². The number of hydrogen-bond donors (Lipinski definition) is 2. The highest BCUT2D eigenvalue weighted by molar-refractivity contribution is 6.08. The molecular weight excluding hydrogens is 202 g/mol. The Labute approximate surface area is 97.9 Å². The van der Waals surface area contributed by atoms with Gasteiger partial charge in [0, 0.05) is 6.54 Å². The lowest BCUT2D eigenvalue weighted by Gasteiger charge is -2.38. The molecule has 4 nitrogen and oxygen atoms in total. The van der Waals surface area contributed by atoms with E-state index in [2.05, 4.69) is 33.0 Å². The van der Waals surface area contributed by atoms with Crippen LogP contribution in [0.25, 0.3) is 0 Å². The Morgan fingerprint density at radius 3 is 2.44 bits per heavy atom. The Kier molecular flexibility index (Phi) is 3.61. The zero-order valence-electron chi connectivity index (χ0n) is 10.9. The highest BCUT2D eigenvalue weighted by atomic mass is 16.2. The second-order valence-electron chi connectivity index (χ2n) is 5.27. The molecule has 0 spiro atoms. The summed E-state index contributed by atoms with van der Waals surface area (Å²) in [5.41, 5.74) is -0.462. The van der Waals surface area contributed by atoms with Crippen LogP contribution in [0.3, 0.4) is 0 Å². The Hall–Kier alpha value is -1.06. The second kappa shape index (κ2) is 4.44. The summed E-state index contributed by atoms with van der Waals surface area (Å²) in [5, 5.41) is 10.6. The van der Waals surface area contributed by atoms with Gasteiger partial charge in [-0.05, 0) is 18.8 Å². The van der Waals surface area contributed by atoms with E-state index in [4.69, 9.17) is 5.41 Å². The molecule has 92 valence electrons. The lowest BCUT2D eigenvalue weighted by atomic mass is 9.83. The van der Waals surface area contributed by atoms with Crippen molar-refractivity contribution in [3.8, 4) is 0 Å². The molecule has 16 heavy (non-hydrogen) atoms. The number of amidine groups is 1. The fraction of sp³-hybridized carbons (Fsp3) is 0.833. The highest BCUT2D eigenvalue weighted by Gasteiger charge is 2.49. The van der Waals surface area contributed by atoms with E-state index in [-0.39, 0.29) is 11.9 Å². The van der Waals surface area contributed by atoms with Crippen LogP contribution in [0.5, 0.6) is 0 Å². The molecule has 1 heterocycles. The first-order valence-electron chi connectivity index (χ1n) is 6.01. The zero-order valence-corrected chi connectivity index (χ0v) is 10.9. The van der Waals surface area contributed by atoms with E-state index in [1.54, 1.807) is 0 Å². The molecule has 0 radical (unpaired) electrons. The van der Waals surface area contributed by atoms with Gasteiger partial charge in [0.2, 0.25) is 0 Å². The molecule has 2 N–H and O–H groups in total. The normalized spacial score (nSPS) is 27.5. The Bertz CT molecular complexity index is 301. The Balaban J connectivity index is 3.01. The predicted octanol–water partition coefficient (Wildman–Crippen LogP) is 2.45. The fourth-order valence-corrected chi connectivity index (χ4v) is 2.19. The number of carbonyl (C=O) groups is 1. The minimum atomic E-state index is -0.462. The monoisotopic (exact) mass is 225 g/mol. The van der Waals surface area contributed by atoms with Crippen molar-refractivity contribution in [1.29, 1.82) is 5.41 Å². The van der Waals surface area contributed by atoms with Crippen LogP contribution in [0.1, 0.15) is 41.0 Å². The summed E-state index contributed by atoms with van der Waals surface area (Å²) in [6.45, 7) is 11.1. The molecule has 1 saturated heterocycles. The van der Waals surface area contributed by atoms with Gasteiger partial charge < -0.3 is 4.90 Å². The Morgan fingerprint density at radius 1 is 1.44 bits per heavy atom. The molecule has 0 aromatic heterocycles. The average molecular weight is 225 g/mol. The number of urea groups is 1. The van der Waals surface area contributed by atoms with Crippen molar-refractivity contribution < 1.29 is 4.79 Å². The van der Waals surface area contributed by atoms with Crippen LogP contribution < -0.4 is 5.32 Å². The van der Waals surface area contributed by atoms with Crippen LogP contribution in [0.2, 0.25) is 0 Å². The van der Waals surface area contributed by atoms with Gasteiger partial charge in [-0.3, -0.25) is 10.7 Å². The molecule has 2 atom stereocenters. The fourth-order valence-electron chi connectivity index (χ4n) is 2.19. The maximum atomic E-state index is 11.8. The summed E-state index contributed by atoms with van der Waals surface area (Å²) >= 11 is 0. The van der Waals surface area contributed by atoms with Gasteiger partial charge in [0.1, 0.15) is 11.4 Å². The lowest BCUT2D eigenvalue weighted by molar-refractivity contribution is 0.137. The molecule has 1 rings (SSSR count). The first-order valence-corrected chi connectivity index (χ1v) is 6.01. The summed E-state index contributed by atoms with van der Waals surface area (Å²) in [6, 6.07) is -0.124. The third kappa shape index (κ3) is 1.93. The molecule has 1 aliphatic heterocycles. The van der Waals surface area contributed by atoms with Crippen molar-refractivity contribution in [3.05, 3.63) is 0 Å². The molecule has 2 unspecified atom stereocenters. The van der Waals surface area contributed by atoms with Crippen LogP contribution >= 0.6 is 0 Å². The minimum absolute atomic E-state index is 0.124. The largest absolute Gasteiger partial charge is 0.323 e. The summed E-state index contributed by atoms with van der Waals surface area (Å²) in [7, 11) is 0. The van der Waals surface area contributed by atoms with Crippen molar-refractivity contribution in [2.75, 3.05) is 6.54 Å². The van der Waals surface area contributed by atoms with Crippen molar-refractivity contribution in [2.24, 2.45) is 11.8 Å². The lowest BCUT2D eigenvalue weighted by Crippen LogP contribution is -2.52. The number of hydrogen-bond acceptors (Lipinski definition) is 2. The average Bonchev–Trinajstić information content (AvgIpc) is 2.41. The van der Waals surface area contributed by atoms with Gasteiger partial charge in [-0.15, -0.1) is 0 Å². The molecule has 2 amide bonds. The van der Waals surface area contributed by atoms with E-state index in [0.717, 1.165) is 6.42 Å². The van der Waals surface area contributed by atoms with Crippen LogP contribution in [0, 0.1) is 17.2 Å². The van der Waals surface area contributed by atoms with Gasteiger partial charge in [-0.1, -0.05) is 34.1 Å². The van der Waals surface area contributed by atoms with Crippen LogP contribution in [-0.4, -0.2) is 28.9 Å². The van der Waals surface area contributed by atoms with Gasteiger partial charge in [-0.2, -0.15) is 0 Å². The predicted molar refractivity (Wildman–Crippen MR) is 65.7 cm³/mol. The van der Waals surface area contributed by atoms with Gasteiger partial charge in [0.15, 0.2) is 0 Å². The molecule has 4 heteroatoms. The van der Waals surface area contributed by atoms with E-state index in [1.165, 1.54) is 0 Å². The van der Waals surface area contributed by atoms with Gasteiger partial charge in [0.25, 0.3) is 0 Å². The summed E-state index contributed by atoms with van der Waals surface area (Å²) in [5.74, 6) is 1.05. The molecule has 0 aromatic carbocycles. The SMILES string of the molecule is CCC(C)C1(C)C(=N)NC(=O)N1CC(C)C. The summed E-state index contributed by atoms with van der Waals surface area (Å²) in [6.07, 6.45) is 0.961. The molecule has 0 aromatic rings. The zero-order chi connectivity index (χ0) is 12.5. The van der Waals surface area contributed by atoms with Crippen molar-refractivity contribution in [3.63, 3.8) is 0 Å². The van der Waals surface area contributed by atoms with Crippen molar-refractivity contribution >= 4 is 11.9 Å². The number of nitrogens with one attached hydrogen (secondary N) is 2. The minimum Gasteiger partial charge on any atom is -0.311 e. The smallest absolute Gasteiger partial charge is 0.311 e. The highest BCUT2D eigenvalue weighted by Crippen LogP contribution is 2.32. The molecular formula is C12H23N3O. The Morgan fingerprint density at radius 2 is 2.00 bits per heavy atom. The maximum Gasteiger partial charge on any atom is 0.323 e. The van der Waals surface area contributed by atoms with E-state index >= 15 is 0 Å². The van der Waals surface area contributed by atoms with Gasteiger partial charge >= 0.3 is 6.03 Å². The number of rotatable bonds is 4. The van der Waals surface area contributed by atoms with Crippen LogP contribution in [-0.2, 0) is 0 Å². The summed E-state index contributed by atoms with van der Waals surface area (Å²) in [4.78, 5) is 13.6. The van der Waals surface area contributed by atoms with E-state index in [0.29, 0.717) is 18.3 Å². The molecule has 0 saturated carbocycles. The molecule has 0 bridgehead atoms. The van der Waals surface area contributed by atoms with Gasteiger partial charge in [0.05, 0.1) is 0 Å². The second-order valence-corrected chi connectivity index (χ2v) is 5.27.